The number of benzene rings is 1. The highest BCUT2D eigenvalue weighted by atomic mass is 127. The number of aliphatic imine (C=N–C) groups is 1. The van der Waals surface area contributed by atoms with Gasteiger partial charge in [0.15, 0.2) is 5.96 Å². The van der Waals surface area contributed by atoms with Gasteiger partial charge in [0.25, 0.3) is 0 Å². The number of nitrogens with two attached hydrogens (primary N) is 1. The molecular weight excluding hydrogens is 493 g/mol. The molecule has 8 heteroatoms. The molecular formula is C22H38IN5O2. The van der Waals surface area contributed by atoms with Crippen LogP contribution in [0.1, 0.15) is 38.2 Å². The zero-order valence-corrected chi connectivity index (χ0v) is 20.9. The lowest BCUT2D eigenvalue weighted by Crippen LogP contribution is -2.40. The fraction of sp³-hybridized carbons (Fsp3) is 0.636. The minimum absolute atomic E-state index is 0. The summed E-state index contributed by atoms with van der Waals surface area (Å²) in [5, 5.41) is 3.45. The Hall–Kier alpha value is -1.55. The molecule has 1 aliphatic heterocycles. The number of unbranched alkanes of at least 4 members (excludes halogenated alkanes) is 1. The van der Waals surface area contributed by atoms with Gasteiger partial charge >= 0.3 is 0 Å². The molecule has 1 aromatic carbocycles. The largest absolute Gasteiger partial charge is 0.494 e. The van der Waals surface area contributed by atoms with Crippen molar-refractivity contribution in [1.29, 1.82) is 0 Å². The summed E-state index contributed by atoms with van der Waals surface area (Å²) in [5.74, 6) is 1.73. The van der Waals surface area contributed by atoms with Crippen LogP contribution in [0, 0.1) is 5.92 Å². The number of rotatable bonds is 10. The number of carbonyl (C=O) groups excluding carboxylic acids is 1. The Morgan fingerprint density at radius 2 is 1.93 bits per heavy atom. The zero-order chi connectivity index (χ0) is 21.1. The van der Waals surface area contributed by atoms with Crippen molar-refractivity contribution in [1.82, 2.24) is 15.1 Å². The molecule has 0 atom stereocenters. The first-order valence-electron chi connectivity index (χ1n) is 10.7. The fourth-order valence-corrected chi connectivity index (χ4v) is 3.69. The molecule has 3 N–H and O–H groups in total. The third-order valence-corrected chi connectivity index (χ3v) is 5.40. The summed E-state index contributed by atoms with van der Waals surface area (Å²) < 4.78 is 5.50. The lowest BCUT2D eigenvalue weighted by Gasteiger charge is -2.30. The van der Waals surface area contributed by atoms with Gasteiger partial charge in [-0.1, -0.05) is 12.1 Å². The molecule has 170 valence electrons. The maximum Gasteiger partial charge on any atom is 0.220 e. The van der Waals surface area contributed by atoms with Crippen molar-refractivity contribution < 1.29 is 9.53 Å². The summed E-state index contributed by atoms with van der Waals surface area (Å²) in [6, 6.07) is 8.20. The van der Waals surface area contributed by atoms with E-state index in [4.69, 9.17) is 10.5 Å². The molecule has 1 aliphatic rings. The lowest BCUT2D eigenvalue weighted by molar-refractivity contribution is -0.123. The Morgan fingerprint density at radius 1 is 1.27 bits per heavy atom. The SMILES string of the molecule is CCOc1ccc(CN(C)C(=NC)NCCCCN2CCC(C(N)=O)CC2)cc1.I. The second-order valence-corrected chi connectivity index (χ2v) is 7.63. The number of nitrogens with zero attached hydrogens (tertiary/aromatic N) is 3. The van der Waals surface area contributed by atoms with E-state index in [1.54, 1.807) is 0 Å². The summed E-state index contributed by atoms with van der Waals surface area (Å²) in [6.45, 7) is 7.40. The van der Waals surface area contributed by atoms with Crippen LogP contribution in [-0.2, 0) is 11.3 Å². The molecule has 1 fully saturated rings. The zero-order valence-electron chi connectivity index (χ0n) is 18.6. The van der Waals surface area contributed by atoms with Gasteiger partial charge in [-0.2, -0.15) is 0 Å². The highest BCUT2D eigenvalue weighted by Gasteiger charge is 2.22. The Morgan fingerprint density at radius 3 is 2.50 bits per heavy atom. The van der Waals surface area contributed by atoms with E-state index in [2.05, 4.69) is 39.3 Å². The smallest absolute Gasteiger partial charge is 0.220 e. The first-order chi connectivity index (χ1) is 14.0. The van der Waals surface area contributed by atoms with Gasteiger partial charge in [-0.15, -0.1) is 24.0 Å². The number of ether oxygens (including phenoxy) is 1. The topological polar surface area (TPSA) is 83.2 Å². The monoisotopic (exact) mass is 531 g/mol. The predicted molar refractivity (Wildman–Crippen MR) is 133 cm³/mol. The van der Waals surface area contributed by atoms with Gasteiger partial charge in [0.05, 0.1) is 6.61 Å². The first-order valence-corrected chi connectivity index (χ1v) is 10.7. The molecule has 0 unspecified atom stereocenters. The van der Waals surface area contributed by atoms with Crippen molar-refractivity contribution in [3.05, 3.63) is 29.8 Å². The van der Waals surface area contributed by atoms with Crippen LogP contribution in [0.25, 0.3) is 0 Å². The number of nitrogens with one attached hydrogen (secondary N) is 1. The van der Waals surface area contributed by atoms with E-state index in [0.717, 1.165) is 70.1 Å². The maximum atomic E-state index is 11.2. The van der Waals surface area contributed by atoms with Crippen LogP contribution in [0.2, 0.25) is 0 Å². The third-order valence-electron chi connectivity index (χ3n) is 5.40. The maximum absolute atomic E-state index is 11.2. The van der Waals surface area contributed by atoms with Gasteiger partial charge in [-0.25, -0.2) is 0 Å². The Labute approximate surface area is 198 Å². The number of hydrogen-bond donors (Lipinski definition) is 2. The van der Waals surface area contributed by atoms with Crippen LogP contribution in [0.4, 0.5) is 0 Å². The molecule has 2 rings (SSSR count). The standard InChI is InChI=1S/C22H37N5O2.HI/c1-4-29-20-9-7-18(8-10-20)17-26(3)22(24-2)25-13-5-6-14-27-15-11-19(12-16-27)21(23)28;/h7-10,19H,4-6,11-17H2,1-3H3,(H2,23,28)(H,24,25);1H. The van der Waals surface area contributed by atoms with Crippen molar-refractivity contribution >= 4 is 35.8 Å². The van der Waals surface area contributed by atoms with E-state index in [-0.39, 0.29) is 35.8 Å². The molecule has 0 saturated carbocycles. The first kappa shape index (κ1) is 26.5. The number of hydrogen-bond acceptors (Lipinski definition) is 4. The van der Waals surface area contributed by atoms with E-state index < -0.39 is 0 Å². The van der Waals surface area contributed by atoms with Crippen molar-refractivity contribution in [3.63, 3.8) is 0 Å². The molecule has 7 nitrogen and oxygen atoms in total. The van der Waals surface area contributed by atoms with E-state index >= 15 is 0 Å². The molecule has 0 spiro atoms. The van der Waals surface area contributed by atoms with Gasteiger partial charge in [-0.05, 0) is 69.9 Å². The normalized spacial score (nSPS) is 15.4. The van der Waals surface area contributed by atoms with E-state index in [1.807, 2.05) is 26.1 Å². The van der Waals surface area contributed by atoms with Crippen molar-refractivity contribution in [3.8, 4) is 5.75 Å². The van der Waals surface area contributed by atoms with E-state index in [1.165, 1.54) is 5.56 Å². The minimum atomic E-state index is -0.144. The average Bonchev–Trinajstić information content (AvgIpc) is 2.72. The Kier molecular flexibility index (Phi) is 12.8. The van der Waals surface area contributed by atoms with Crippen molar-refractivity contribution in [2.75, 3.05) is 46.9 Å². The minimum Gasteiger partial charge on any atom is -0.494 e. The second kappa shape index (κ2) is 14.5. The van der Waals surface area contributed by atoms with Crippen molar-refractivity contribution in [2.24, 2.45) is 16.6 Å². The molecule has 0 bridgehead atoms. The van der Waals surface area contributed by atoms with Gasteiger partial charge < -0.3 is 25.6 Å². The van der Waals surface area contributed by atoms with Crippen LogP contribution >= 0.6 is 24.0 Å². The Bertz CT molecular complexity index is 645. The highest BCUT2D eigenvalue weighted by molar-refractivity contribution is 14.0. The molecule has 1 saturated heterocycles. The van der Waals surface area contributed by atoms with Crippen molar-refractivity contribution in [2.45, 2.75) is 39.2 Å². The quantitative estimate of drug-likeness (QED) is 0.210. The summed E-state index contributed by atoms with van der Waals surface area (Å²) in [5.41, 5.74) is 6.62. The van der Waals surface area contributed by atoms with Crippen LogP contribution in [-0.4, -0.2) is 68.5 Å². The number of carbonyl (C=O) groups is 1. The number of likely N-dealkylation sites (tertiary alicyclic amines) is 1. The summed E-state index contributed by atoms with van der Waals surface area (Å²) in [6.07, 6.45) is 4.02. The van der Waals surface area contributed by atoms with Crippen LogP contribution in [0.3, 0.4) is 0 Å². The molecule has 1 amide bonds. The highest BCUT2D eigenvalue weighted by Crippen LogP contribution is 2.17. The van der Waals surface area contributed by atoms with Crippen LogP contribution < -0.4 is 15.8 Å². The fourth-order valence-electron chi connectivity index (χ4n) is 3.69. The molecule has 0 aromatic heterocycles. The number of guanidine groups is 1. The summed E-state index contributed by atoms with van der Waals surface area (Å²) in [4.78, 5) is 20.2. The summed E-state index contributed by atoms with van der Waals surface area (Å²) >= 11 is 0. The summed E-state index contributed by atoms with van der Waals surface area (Å²) in [7, 11) is 3.87. The van der Waals surface area contributed by atoms with Gasteiger partial charge in [0, 0.05) is 33.1 Å². The molecule has 1 aromatic rings. The number of amides is 1. The number of halogens is 1. The second-order valence-electron chi connectivity index (χ2n) is 7.63. The van der Waals surface area contributed by atoms with E-state index in [0.29, 0.717) is 6.61 Å². The molecule has 1 heterocycles. The van der Waals surface area contributed by atoms with E-state index in [9.17, 15) is 4.79 Å². The third kappa shape index (κ3) is 9.07. The molecule has 0 aliphatic carbocycles. The average molecular weight is 531 g/mol. The predicted octanol–water partition coefficient (Wildman–Crippen LogP) is 2.69. The van der Waals surface area contributed by atoms with Crippen LogP contribution in [0.15, 0.2) is 29.3 Å². The number of piperidine rings is 1. The van der Waals surface area contributed by atoms with Gasteiger partial charge in [0.1, 0.15) is 5.75 Å². The lowest BCUT2D eigenvalue weighted by atomic mass is 9.96. The Balaban J connectivity index is 0.00000450. The van der Waals surface area contributed by atoms with Crippen LogP contribution in [0.5, 0.6) is 5.75 Å². The van der Waals surface area contributed by atoms with Gasteiger partial charge in [-0.3, -0.25) is 9.79 Å². The van der Waals surface area contributed by atoms with Gasteiger partial charge in [0.2, 0.25) is 5.91 Å². The molecule has 30 heavy (non-hydrogen) atoms. The number of primary amides is 1. The molecule has 0 radical (unpaired) electrons.